The second-order valence-corrected chi connectivity index (χ2v) is 6.16. The highest BCUT2D eigenvalue weighted by molar-refractivity contribution is 5.97. The fourth-order valence-corrected chi connectivity index (χ4v) is 3.16. The Hall–Kier alpha value is -2.82. The van der Waals surface area contributed by atoms with Crippen LogP contribution in [0.5, 0.6) is 11.5 Å². The lowest BCUT2D eigenvalue weighted by molar-refractivity contribution is -0.120. The Labute approximate surface area is 147 Å². The zero-order chi connectivity index (χ0) is 18.0. The minimum Gasteiger partial charge on any atom is -0.493 e. The van der Waals surface area contributed by atoms with Crippen molar-refractivity contribution in [1.29, 1.82) is 0 Å². The lowest BCUT2D eigenvalue weighted by atomic mass is 10.1. The van der Waals surface area contributed by atoms with Crippen LogP contribution in [0.4, 0.5) is 5.69 Å². The van der Waals surface area contributed by atoms with E-state index in [0.717, 1.165) is 12.1 Å². The number of carbonyl (C=O) groups is 2. The number of hydrogen-bond acceptors (Lipinski definition) is 4. The summed E-state index contributed by atoms with van der Waals surface area (Å²) in [6.45, 7) is 3.43. The molecule has 1 atom stereocenters. The fourth-order valence-electron chi connectivity index (χ4n) is 3.16. The summed E-state index contributed by atoms with van der Waals surface area (Å²) in [6.07, 6.45) is 0.846. The number of carbonyl (C=O) groups excluding carboxylic acids is 2. The number of ketones is 1. The number of anilines is 1. The summed E-state index contributed by atoms with van der Waals surface area (Å²) in [5, 5.41) is 0. The number of para-hydroxylation sites is 1. The van der Waals surface area contributed by atoms with Crippen LogP contribution in [0.15, 0.2) is 42.5 Å². The van der Waals surface area contributed by atoms with Crippen molar-refractivity contribution in [2.45, 2.75) is 26.3 Å². The zero-order valence-electron chi connectivity index (χ0n) is 14.6. The molecule has 0 spiro atoms. The SMILES string of the molecule is COc1cc(C(C)=O)ccc1OCC(=O)N1c2ccccc2C[C@H]1C. The molecule has 1 heterocycles. The molecule has 1 amide bonds. The molecule has 0 fully saturated rings. The fraction of sp³-hybridized carbons (Fsp3) is 0.300. The van der Waals surface area contributed by atoms with Crippen LogP contribution in [0.25, 0.3) is 0 Å². The van der Waals surface area contributed by atoms with E-state index >= 15 is 0 Å². The maximum atomic E-state index is 12.7. The van der Waals surface area contributed by atoms with Gasteiger partial charge in [-0.25, -0.2) is 0 Å². The third-order valence-corrected chi connectivity index (χ3v) is 4.40. The first-order chi connectivity index (χ1) is 12.0. The van der Waals surface area contributed by atoms with Gasteiger partial charge in [0.25, 0.3) is 5.91 Å². The van der Waals surface area contributed by atoms with Gasteiger partial charge in [0.2, 0.25) is 0 Å². The Morgan fingerprint density at radius 1 is 1.16 bits per heavy atom. The molecule has 1 aliphatic heterocycles. The van der Waals surface area contributed by atoms with Crippen LogP contribution < -0.4 is 14.4 Å². The Morgan fingerprint density at radius 2 is 1.92 bits per heavy atom. The topological polar surface area (TPSA) is 55.8 Å². The quantitative estimate of drug-likeness (QED) is 0.785. The number of fused-ring (bicyclic) bond motifs is 1. The molecule has 0 radical (unpaired) electrons. The largest absolute Gasteiger partial charge is 0.493 e. The van der Waals surface area contributed by atoms with Crippen LogP contribution in [-0.2, 0) is 11.2 Å². The smallest absolute Gasteiger partial charge is 0.265 e. The molecule has 0 N–H and O–H groups in total. The van der Waals surface area contributed by atoms with E-state index in [-0.39, 0.29) is 24.3 Å². The molecule has 0 saturated carbocycles. The normalized spacial score (nSPS) is 15.6. The summed E-state index contributed by atoms with van der Waals surface area (Å²) >= 11 is 0. The van der Waals surface area contributed by atoms with Gasteiger partial charge in [-0.3, -0.25) is 9.59 Å². The zero-order valence-corrected chi connectivity index (χ0v) is 14.6. The lowest BCUT2D eigenvalue weighted by Gasteiger charge is -2.23. The minimum atomic E-state index is -0.102. The van der Waals surface area contributed by atoms with E-state index in [1.54, 1.807) is 23.1 Å². The highest BCUT2D eigenvalue weighted by atomic mass is 16.5. The molecule has 130 valence electrons. The Balaban J connectivity index is 1.74. The van der Waals surface area contributed by atoms with Crippen molar-refractivity contribution in [2.24, 2.45) is 0 Å². The molecule has 2 aromatic rings. The monoisotopic (exact) mass is 339 g/mol. The van der Waals surface area contributed by atoms with E-state index in [0.29, 0.717) is 17.1 Å². The molecule has 0 aliphatic carbocycles. The van der Waals surface area contributed by atoms with Crippen molar-refractivity contribution >= 4 is 17.4 Å². The maximum absolute atomic E-state index is 12.7. The second kappa shape index (κ2) is 6.97. The first-order valence-corrected chi connectivity index (χ1v) is 8.23. The molecule has 0 aromatic heterocycles. The minimum absolute atomic E-state index is 0.0524. The third kappa shape index (κ3) is 3.36. The van der Waals surface area contributed by atoms with Gasteiger partial charge in [0.05, 0.1) is 7.11 Å². The number of nitrogens with zero attached hydrogens (tertiary/aromatic N) is 1. The van der Waals surface area contributed by atoms with Gasteiger partial charge < -0.3 is 14.4 Å². The van der Waals surface area contributed by atoms with Gasteiger partial charge in [-0.1, -0.05) is 18.2 Å². The van der Waals surface area contributed by atoms with Crippen LogP contribution in [0.2, 0.25) is 0 Å². The van der Waals surface area contributed by atoms with Gasteiger partial charge in [-0.2, -0.15) is 0 Å². The molecule has 1 aliphatic rings. The van der Waals surface area contributed by atoms with E-state index < -0.39 is 0 Å². The Morgan fingerprint density at radius 3 is 2.64 bits per heavy atom. The van der Waals surface area contributed by atoms with Crippen LogP contribution in [0, 0.1) is 0 Å². The molecule has 3 rings (SSSR count). The van der Waals surface area contributed by atoms with E-state index in [9.17, 15) is 9.59 Å². The summed E-state index contributed by atoms with van der Waals surface area (Å²) in [4.78, 5) is 25.9. The Kier molecular flexibility index (Phi) is 4.74. The molecule has 0 bridgehead atoms. The van der Waals surface area contributed by atoms with Crippen molar-refractivity contribution in [3.8, 4) is 11.5 Å². The summed E-state index contributed by atoms with van der Waals surface area (Å²) < 4.78 is 10.9. The molecule has 0 saturated heterocycles. The van der Waals surface area contributed by atoms with Crippen molar-refractivity contribution in [1.82, 2.24) is 0 Å². The van der Waals surface area contributed by atoms with Gasteiger partial charge in [0.1, 0.15) is 0 Å². The van der Waals surface area contributed by atoms with Crippen molar-refractivity contribution < 1.29 is 19.1 Å². The number of hydrogen-bond donors (Lipinski definition) is 0. The summed E-state index contributed by atoms with van der Waals surface area (Å²) in [5.41, 5.74) is 2.66. The van der Waals surface area contributed by atoms with Crippen LogP contribution in [-0.4, -0.2) is 31.4 Å². The average Bonchev–Trinajstić information content (AvgIpc) is 2.95. The third-order valence-electron chi connectivity index (χ3n) is 4.40. The molecule has 5 nitrogen and oxygen atoms in total. The molecular weight excluding hydrogens is 318 g/mol. The van der Waals surface area contributed by atoms with E-state index in [1.807, 2.05) is 31.2 Å². The van der Waals surface area contributed by atoms with E-state index in [2.05, 4.69) is 0 Å². The van der Waals surface area contributed by atoms with E-state index in [1.165, 1.54) is 19.6 Å². The summed E-state index contributed by atoms with van der Waals surface area (Å²) in [5.74, 6) is 0.731. The molecule has 5 heteroatoms. The van der Waals surface area contributed by atoms with Crippen molar-refractivity contribution in [3.63, 3.8) is 0 Å². The predicted molar refractivity (Wildman–Crippen MR) is 95.6 cm³/mol. The van der Waals surface area contributed by atoms with Gasteiger partial charge >= 0.3 is 0 Å². The predicted octanol–water partition coefficient (Wildman–Crippen LogP) is 3.25. The lowest BCUT2D eigenvalue weighted by Crippen LogP contribution is -2.39. The number of Topliss-reactive ketones (excluding diaryl/α,β-unsaturated/α-hetero) is 1. The van der Waals surface area contributed by atoms with Crippen LogP contribution >= 0.6 is 0 Å². The van der Waals surface area contributed by atoms with E-state index in [4.69, 9.17) is 9.47 Å². The van der Waals surface area contributed by atoms with Crippen LogP contribution in [0.1, 0.15) is 29.8 Å². The number of methoxy groups -OCH3 is 1. The first kappa shape index (κ1) is 17.0. The number of benzene rings is 2. The van der Waals surface area contributed by atoms with Crippen molar-refractivity contribution in [2.75, 3.05) is 18.6 Å². The number of rotatable bonds is 5. The number of amides is 1. The molecule has 0 unspecified atom stereocenters. The standard InChI is InChI=1S/C20H21NO4/c1-13-10-16-6-4-5-7-17(16)21(13)20(23)12-25-18-9-8-15(14(2)22)11-19(18)24-3/h4-9,11,13H,10,12H2,1-3H3/t13-/m1/s1. The maximum Gasteiger partial charge on any atom is 0.265 e. The second-order valence-electron chi connectivity index (χ2n) is 6.16. The molecular formula is C20H21NO4. The first-order valence-electron chi connectivity index (χ1n) is 8.23. The molecule has 25 heavy (non-hydrogen) atoms. The highest BCUT2D eigenvalue weighted by Crippen LogP contribution is 2.32. The summed E-state index contributed by atoms with van der Waals surface area (Å²) in [7, 11) is 1.51. The molecule has 2 aromatic carbocycles. The van der Waals surface area contributed by atoms with Gasteiger partial charge in [-0.05, 0) is 50.1 Å². The highest BCUT2D eigenvalue weighted by Gasteiger charge is 2.30. The number of ether oxygens (including phenoxy) is 2. The average molecular weight is 339 g/mol. The van der Waals surface area contributed by atoms with Gasteiger partial charge in [0.15, 0.2) is 23.9 Å². The Bertz CT molecular complexity index is 815. The van der Waals surface area contributed by atoms with Gasteiger partial charge in [-0.15, -0.1) is 0 Å². The van der Waals surface area contributed by atoms with Crippen molar-refractivity contribution in [3.05, 3.63) is 53.6 Å². The summed E-state index contributed by atoms with van der Waals surface area (Å²) in [6, 6.07) is 13.0. The van der Waals surface area contributed by atoms with Gasteiger partial charge in [0, 0.05) is 17.3 Å². The van der Waals surface area contributed by atoms with Crippen LogP contribution in [0.3, 0.4) is 0 Å².